The van der Waals surface area contributed by atoms with Gasteiger partial charge < -0.3 is 14.8 Å². The topological polar surface area (TPSA) is 49.7 Å². The summed E-state index contributed by atoms with van der Waals surface area (Å²) in [6, 6.07) is 15.3. The zero-order valence-electron chi connectivity index (χ0n) is 16.2. The summed E-state index contributed by atoms with van der Waals surface area (Å²) in [5.74, 6) is 2.39. The van der Waals surface area contributed by atoms with Crippen molar-refractivity contribution in [2.75, 3.05) is 6.61 Å². The van der Waals surface area contributed by atoms with Crippen molar-refractivity contribution >= 4 is 12.6 Å². The van der Waals surface area contributed by atoms with Gasteiger partial charge in [-0.1, -0.05) is 76.4 Å². The van der Waals surface area contributed by atoms with Gasteiger partial charge in [0.25, 0.3) is 0 Å². The summed E-state index contributed by atoms with van der Waals surface area (Å²) in [6.07, 6.45) is 4.98. The lowest BCUT2D eigenvalue weighted by molar-refractivity contribution is 0.276. The van der Waals surface area contributed by atoms with Gasteiger partial charge in [-0.25, -0.2) is 0 Å². The Labute approximate surface area is 158 Å². The van der Waals surface area contributed by atoms with E-state index in [1.807, 2.05) is 36.4 Å². The smallest absolute Gasteiger partial charge is 0.488 e. The molecule has 0 heterocycles. The Balaban J connectivity index is 1.78. The van der Waals surface area contributed by atoms with E-state index in [0.29, 0.717) is 11.4 Å². The van der Waals surface area contributed by atoms with Crippen LogP contribution in [-0.4, -0.2) is 23.8 Å². The van der Waals surface area contributed by atoms with Crippen molar-refractivity contribution in [3.05, 3.63) is 48.5 Å². The molecule has 4 heteroatoms. The van der Waals surface area contributed by atoms with E-state index in [-0.39, 0.29) is 0 Å². The number of rotatable bonds is 10. The Morgan fingerprint density at radius 2 is 1.38 bits per heavy atom. The number of benzene rings is 2. The molecule has 0 aromatic heterocycles. The van der Waals surface area contributed by atoms with Crippen LogP contribution in [0.25, 0.3) is 11.1 Å². The Hall–Kier alpha value is -1.78. The summed E-state index contributed by atoms with van der Waals surface area (Å²) in [4.78, 5) is 0. The molecular formula is C22H31BO3. The average Bonchev–Trinajstić information content (AvgIpc) is 2.62. The molecule has 0 spiro atoms. The normalized spacial score (nSPS) is 12.2. The fourth-order valence-corrected chi connectivity index (χ4v) is 2.99. The molecule has 2 aromatic carbocycles. The second-order valence-electron chi connectivity index (χ2n) is 7.59. The van der Waals surface area contributed by atoms with Crippen LogP contribution in [0.1, 0.15) is 46.5 Å². The predicted molar refractivity (Wildman–Crippen MR) is 110 cm³/mol. The molecule has 2 aromatic rings. The van der Waals surface area contributed by atoms with Gasteiger partial charge in [0.05, 0.1) is 6.61 Å². The maximum Gasteiger partial charge on any atom is 0.488 e. The van der Waals surface area contributed by atoms with Gasteiger partial charge in [0.2, 0.25) is 0 Å². The van der Waals surface area contributed by atoms with Crippen LogP contribution in [0.15, 0.2) is 48.5 Å². The highest BCUT2D eigenvalue weighted by atomic mass is 16.5. The van der Waals surface area contributed by atoms with E-state index in [2.05, 4.69) is 20.8 Å². The van der Waals surface area contributed by atoms with Gasteiger partial charge in [-0.15, -0.1) is 0 Å². The maximum atomic E-state index is 9.15. The molecular weight excluding hydrogens is 323 g/mol. The Kier molecular flexibility index (Phi) is 8.21. The van der Waals surface area contributed by atoms with Crippen LogP contribution < -0.4 is 10.2 Å². The van der Waals surface area contributed by atoms with E-state index in [0.717, 1.165) is 35.8 Å². The fourth-order valence-electron chi connectivity index (χ4n) is 2.99. The Morgan fingerprint density at radius 1 is 0.808 bits per heavy atom. The standard InChI is InChI=1S/C22H31BO3/c1-17(2)5-4-6-18(3)15-16-26-22-13-9-20(10-14-22)19-7-11-21(12-8-19)23(24)25/h7-14,17-18,24-25H,4-6,15-16H2,1-3H3/t18-/m0/s1. The molecule has 2 N–H and O–H groups in total. The van der Waals surface area contributed by atoms with Gasteiger partial charge in [-0.2, -0.15) is 0 Å². The van der Waals surface area contributed by atoms with E-state index < -0.39 is 7.12 Å². The summed E-state index contributed by atoms with van der Waals surface area (Å²) in [5.41, 5.74) is 2.62. The highest BCUT2D eigenvalue weighted by Crippen LogP contribution is 2.22. The Morgan fingerprint density at radius 3 is 1.92 bits per heavy atom. The van der Waals surface area contributed by atoms with Gasteiger partial charge in [0.15, 0.2) is 0 Å². The first-order valence-corrected chi connectivity index (χ1v) is 9.65. The van der Waals surface area contributed by atoms with Gasteiger partial charge >= 0.3 is 7.12 Å². The van der Waals surface area contributed by atoms with Crippen molar-refractivity contribution in [1.29, 1.82) is 0 Å². The lowest BCUT2D eigenvalue weighted by Gasteiger charge is -2.13. The highest BCUT2D eigenvalue weighted by Gasteiger charge is 2.10. The minimum atomic E-state index is -1.42. The second-order valence-corrected chi connectivity index (χ2v) is 7.59. The van der Waals surface area contributed by atoms with E-state index in [1.54, 1.807) is 12.1 Å². The molecule has 26 heavy (non-hydrogen) atoms. The van der Waals surface area contributed by atoms with E-state index in [1.165, 1.54) is 19.3 Å². The molecule has 0 unspecified atom stereocenters. The van der Waals surface area contributed by atoms with Crippen LogP contribution >= 0.6 is 0 Å². The van der Waals surface area contributed by atoms with E-state index in [4.69, 9.17) is 14.8 Å². The van der Waals surface area contributed by atoms with Gasteiger partial charge in [0, 0.05) is 0 Å². The summed E-state index contributed by atoms with van der Waals surface area (Å²) >= 11 is 0. The monoisotopic (exact) mass is 354 g/mol. The molecule has 2 rings (SSSR count). The van der Waals surface area contributed by atoms with Crippen molar-refractivity contribution in [3.63, 3.8) is 0 Å². The molecule has 1 atom stereocenters. The van der Waals surface area contributed by atoms with Crippen LogP contribution in [-0.2, 0) is 0 Å². The van der Waals surface area contributed by atoms with Crippen molar-refractivity contribution < 1.29 is 14.8 Å². The number of hydrogen-bond acceptors (Lipinski definition) is 3. The second kappa shape index (κ2) is 10.4. The third kappa shape index (κ3) is 6.85. The predicted octanol–water partition coefficient (Wildman–Crippen LogP) is 4.26. The molecule has 0 amide bonds. The average molecular weight is 354 g/mol. The maximum absolute atomic E-state index is 9.15. The van der Waals surface area contributed by atoms with Gasteiger partial charge in [-0.05, 0) is 47.0 Å². The van der Waals surface area contributed by atoms with Crippen LogP contribution in [0.3, 0.4) is 0 Å². The lowest BCUT2D eigenvalue weighted by Crippen LogP contribution is -2.29. The van der Waals surface area contributed by atoms with Crippen molar-refractivity contribution in [1.82, 2.24) is 0 Å². The third-order valence-corrected chi connectivity index (χ3v) is 4.75. The van der Waals surface area contributed by atoms with Crippen LogP contribution in [0.4, 0.5) is 0 Å². The largest absolute Gasteiger partial charge is 0.494 e. The number of hydrogen-bond donors (Lipinski definition) is 2. The lowest BCUT2D eigenvalue weighted by atomic mass is 9.80. The molecule has 0 fully saturated rings. The van der Waals surface area contributed by atoms with Crippen molar-refractivity contribution in [2.45, 2.75) is 46.5 Å². The first-order valence-electron chi connectivity index (χ1n) is 9.65. The third-order valence-electron chi connectivity index (χ3n) is 4.75. The SMILES string of the molecule is CC(C)CCC[C@H](C)CCOc1ccc(-c2ccc(B(O)O)cc2)cc1. The highest BCUT2D eigenvalue weighted by molar-refractivity contribution is 6.58. The first-order chi connectivity index (χ1) is 12.5. The molecule has 0 aliphatic carbocycles. The minimum absolute atomic E-state index is 0.496. The van der Waals surface area contributed by atoms with Crippen LogP contribution in [0.5, 0.6) is 5.75 Å². The van der Waals surface area contributed by atoms with Crippen molar-refractivity contribution in [3.8, 4) is 16.9 Å². The molecule has 140 valence electrons. The number of ether oxygens (including phenoxy) is 1. The minimum Gasteiger partial charge on any atom is -0.494 e. The van der Waals surface area contributed by atoms with E-state index >= 15 is 0 Å². The first kappa shape index (κ1) is 20.5. The van der Waals surface area contributed by atoms with Crippen molar-refractivity contribution in [2.24, 2.45) is 11.8 Å². The summed E-state index contributed by atoms with van der Waals surface area (Å²) in [7, 11) is -1.42. The van der Waals surface area contributed by atoms with Crippen LogP contribution in [0, 0.1) is 11.8 Å². The molecule has 0 aliphatic heterocycles. The van der Waals surface area contributed by atoms with Gasteiger partial charge in [0.1, 0.15) is 5.75 Å². The van der Waals surface area contributed by atoms with E-state index in [9.17, 15) is 0 Å². The fraction of sp³-hybridized carbons (Fsp3) is 0.455. The summed E-state index contributed by atoms with van der Waals surface area (Å²) in [6.45, 7) is 7.62. The molecule has 0 bridgehead atoms. The van der Waals surface area contributed by atoms with Crippen LogP contribution in [0.2, 0.25) is 0 Å². The summed E-state index contributed by atoms with van der Waals surface area (Å²) in [5, 5.41) is 18.3. The summed E-state index contributed by atoms with van der Waals surface area (Å²) < 4.78 is 5.88. The molecule has 0 aliphatic rings. The molecule has 0 radical (unpaired) electrons. The molecule has 3 nitrogen and oxygen atoms in total. The molecule has 0 saturated heterocycles. The van der Waals surface area contributed by atoms with Gasteiger partial charge in [-0.3, -0.25) is 0 Å². The molecule has 0 saturated carbocycles. The quantitative estimate of drug-likeness (QED) is 0.627. The zero-order valence-corrected chi connectivity index (χ0v) is 16.2. The Bertz CT molecular complexity index is 635. The zero-order chi connectivity index (χ0) is 18.9.